The molecule has 0 spiro atoms. The summed E-state index contributed by atoms with van der Waals surface area (Å²) in [4.78, 5) is 12.5. The van der Waals surface area contributed by atoms with Crippen LogP contribution in [0.15, 0.2) is 30.6 Å². The van der Waals surface area contributed by atoms with Crippen molar-refractivity contribution in [3.8, 4) is 17.3 Å². The van der Waals surface area contributed by atoms with Crippen LogP contribution in [-0.4, -0.2) is 35.3 Å². The van der Waals surface area contributed by atoms with Crippen LogP contribution in [0.5, 0.6) is 6.01 Å². The van der Waals surface area contributed by atoms with Gasteiger partial charge in [-0.3, -0.25) is 4.98 Å². The zero-order chi connectivity index (χ0) is 12.8. The SMILES string of the molecule is [CH2]c1cccc(-c2cnc(OCCOC)nc2)n1. The van der Waals surface area contributed by atoms with Crippen LogP contribution in [0, 0.1) is 6.92 Å². The van der Waals surface area contributed by atoms with Crippen molar-refractivity contribution < 1.29 is 9.47 Å². The number of nitrogens with zero attached hydrogens (tertiary/aromatic N) is 3. The van der Waals surface area contributed by atoms with Gasteiger partial charge in [-0.15, -0.1) is 0 Å². The van der Waals surface area contributed by atoms with Crippen molar-refractivity contribution in [2.75, 3.05) is 20.3 Å². The van der Waals surface area contributed by atoms with E-state index in [1.165, 1.54) is 0 Å². The minimum Gasteiger partial charge on any atom is -0.461 e. The monoisotopic (exact) mass is 244 g/mol. The lowest BCUT2D eigenvalue weighted by Gasteiger charge is -2.04. The molecular formula is C13H14N3O2. The van der Waals surface area contributed by atoms with Crippen molar-refractivity contribution in [1.82, 2.24) is 15.0 Å². The quantitative estimate of drug-likeness (QED) is 0.750. The van der Waals surface area contributed by atoms with E-state index >= 15 is 0 Å². The smallest absolute Gasteiger partial charge is 0.316 e. The highest BCUT2D eigenvalue weighted by atomic mass is 16.5. The van der Waals surface area contributed by atoms with Gasteiger partial charge >= 0.3 is 6.01 Å². The second-order valence-electron chi connectivity index (χ2n) is 3.61. The minimum absolute atomic E-state index is 0.335. The van der Waals surface area contributed by atoms with E-state index in [1.54, 1.807) is 19.5 Å². The molecule has 2 rings (SSSR count). The summed E-state index contributed by atoms with van der Waals surface area (Å²) in [5.41, 5.74) is 2.35. The molecule has 2 aromatic rings. The summed E-state index contributed by atoms with van der Waals surface area (Å²) < 4.78 is 10.2. The van der Waals surface area contributed by atoms with E-state index in [9.17, 15) is 0 Å². The van der Waals surface area contributed by atoms with Gasteiger partial charge in [0.25, 0.3) is 0 Å². The van der Waals surface area contributed by atoms with E-state index in [1.807, 2.05) is 18.2 Å². The topological polar surface area (TPSA) is 57.1 Å². The third kappa shape index (κ3) is 3.24. The van der Waals surface area contributed by atoms with Crippen LogP contribution in [0.25, 0.3) is 11.3 Å². The highest BCUT2D eigenvalue weighted by Gasteiger charge is 2.02. The van der Waals surface area contributed by atoms with Gasteiger partial charge in [0, 0.05) is 30.8 Å². The van der Waals surface area contributed by atoms with E-state index in [4.69, 9.17) is 9.47 Å². The van der Waals surface area contributed by atoms with Gasteiger partial charge < -0.3 is 9.47 Å². The largest absolute Gasteiger partial charge is 0.461 e. The molecule has 0 atom stereocenters. The van der Waals surface area contributed by atoms with Crippen LogP contribution in [-0.2, 0) is 4.74 Å². The van der Waals surface area contributed by atoms with Crippen molar-refractivity contribution in [3.05, 3.63) is 43.2 Å². The molecule has 0 unspecified atom stereocenters. The second kappa shape index (κ2) is 6.07. The van der Waals surface area contributed by atoms with E-state index in [2.05, 4.69) is 21.9 Å². The molecule has 0 aliphatic rings. The summed E-state index contributed by atoms with van der Waals surface area (Å²) in [6, 6.07) is 5.96. The molecule has 0 aliphatic carbocycles. The molecule has 2 heterocycles. The summed E-state index contributed by atoms with van der Waals surface area (Å²) in [5.74, 6) is 0. The third-order valence-electron chi connectivity index (χ3n) is 2.25. The first-order chi connectivity index (χ1) is 8.79. The molecule has 0 N–H and O–H groups in total. The Bertz CT molecular complexity index is 500. The first-order valence-corrected chi connectivity index (χ1v) is 5.53. The van der Waals surface area contributed by atoms with Gasteiger partial charge in [-0.2, -0.15) is 0 Å². The molecule has 0 bridgehead atoms. The third-order valence-corrected chi connectivity index (χ3v) is 2.25. The maximum atomic E-state index is 5.28. The lowest BCUT2D eigenvalue weighted by atomic mass is 10.2. The van der Waals surface area contributed by atoms with Crippen LogP contribution >= 0.6 is 0 Å². The van der Waals surface area contributed by atoms with Crippen molar-refractivity contribution in [2.24, 2.45) is 0 Å². The van der Waals surface area contributed by atoms with Crippen molar-refractivity contribution in [2.45, 2.75) is 0 Å². The lowest BCUT2D eigenvalue weighted by Crippen LogP contribution is -2.06. The molecular weight excluding hydrogens is 230 g/mol. The fourth-order valence-electron chi connectivity index (χ4n) is 1.38. The summed E-state index contributed by atoms with van der Waals surface area (Å²) in [5, 5.41) is 0. The Kier molecular flexibility index (Phi) is 4.20. The van der Waals surface area contributed by atoms with E-state index in [0.717, 1.165) is 11.3 Å². The average molecular weight is 244 g/mol. The van der Waals surface area contributed by atoms with Crippen LogP contribution in [0.4, 0.5) is 0 Å². The van der Waals surface area contributed by atoms with E-state index < -0.39 is 0 Å². The molecule has 0 saturated carbocycles. The Balaban J connectivity index is 2.07. The van der Waals surface area contributed by atoms with E-state index in [0.29, 0.717) is 24.9 Å². The van der Waals surface area contributed by atoms with Gasteiger partial charge in [0.2, 0.25) is 0 Å². The molecule has 18 heavy (non-hydrogen) atoms. The Hall–Kier alpha value is -2.01. The van der Waals surface area contributed by atoms with Gasteiger partial charge in [-0.05, 0) is 19.1 Å². The van der Waals surface area contributed by atoms with Crippen molar-refractivity contribution in [3.63, 3.8) is 0 Å². The number of ether oxygens (including phenoxy) is 2. The van der Waals surface area contributed by atoms with Gasteiger partial charge in [-0.25, -0.2) is 9.97 Å². The summed E-state index contributed by atoms with van der Waals surface area (Å²) in [6.07, 6.45) is 3.35. The normalized spacial score (nSPS) is 10.3. The Morgan fingerprint density at radius 2 is 1.94 bits per heavy atom. The molecule has 93 valence electrons. The predicted molar refractivity (Wildman–Crippen MR) is 67.1 cm³/mol. The van der Waals surface area contributed by atoms with Gasteiger partial charge in [0.1, 0.15) is 6.61 Å². The average Bonchev–Trinajstić information content (AvgIpc) is 2.40. The Morgan fingerprint density at radius 3 is 2.61 bits per heavy atom. The summed E-state index contributed by atoms with van der Waals surface area (Å²) >= 11 is 0. The number of pyridine rings is 1. The molecule has 0 aromatic carbocycles. The number of rotatable bonds is 5. The molecule has 5 nitrogen and oxygen atoms in total. The van der Waals surface area contributed by atoms with Crippen LogP contribution in [0.2, 0.25) is 0 Å². The van der Waals surface area contributed by atoms with Crippen molar-refractivity contribution >= 4 is 0 Å². The van der Waals surface area contributed by atoms with E-state index in [-0.39, 0.29) is 0 Å². The number of methoxy groups -OCH3 is 1. The predicted octanol–water partition coefficient (Wildman–Crippen LogP) is 1.75. The van der Waals surface area contributed by atoms with Crippen LogP contribution < -0.4 is 4.74 Å². The maximum Gasteiger partial charge on any atom is 0.316 e. The standard InChI is InChI=1S/C13H14N3O2/c1-10-4-3-5-12(16-10)11-8-14-13(15-9-11)18-7-6-17-2/h3-5,8-9H,1,6-7H2,2H3. The fourth-order valence-corrected chi connectivity index (χ4v) is 1.38. The first-order valence-electron chi connectivity index (χ1n) is 5.53. The highest BCUT2D eigenvalue weighted by Crippen LogP contribution is 2.16. The van der Waals surface area contributed by atoms with Crippen LogP contribution in [0.3, 0.4) is 0 Å². The molecule has 0 saturated heterocycles. The summed E-state index contributed by atoms with van der Waals surface area (Å²) in [7, 11) is 1.62. The molecule has 1 radical (unpaired) electrons. The number of hydrogen-bond donors (Lipinski definition) is 0. The molecule has 2 aromatic heterocycles. The van der Waals surface area contributed by atoms with Gasteiger partial charge in [0.15, 0.2) is 0 Å². The van der Waals surface area contributed by atoms with Crippen molar-refractivity contribution in [1.29, 1.82) is 0 Å². The lowest BCUT2D eigenvalue weighted by molar-refractivity contribution is 0.141. The number of hydrogen-bond acceptors (Lipinski definition) is 5. The molecule has 0 amide bonds. The second-order valence-corrected chi connectivity index (χ2v) is 3.61. The first kappa shape index (κ1) is 12.4. The van der Waals surface area contributed by atoms with Gasteiger partial charge in [0.05, 0.1) is 12.3 Å². The Morgan fingerprint density at radius 1 is 1.17 bits per heavy atom. The van der Waals surface area contributed by atoms with Gasteiger partial charge in [-0.1, -0.05) is 6.07 Å². The molecule has 5 heteroatoms. The number of aromatic nitrogens is 3. The zero-order valence-corrected chi connectivity index (χ0v) is 10.2. The molecule has 0 fully saturated rings. The minimum atomic E-state index is 0.335. The maximum absolute atomic E-state index is 5.28. The fraction of sp³-hybridized carbons (Fsp3) is 0.231. The summed E-state index contributed by atoms with van der Waals surface area (Å²) in [6.45, 7) is 4.73. The molecule has 0 aliphatic heterocycles. The Labute approximate surface area is 106 Å². The van der Waals surface area contributed by atoms with Crippen LogP contribution in [0.1, 0.15) is 5.69 Å². The zero-order valence-electron chi connectivity index (χ0n) is 10.2. The highest BCUT2D eigenvalue weighted by molar-refractivity contribution is 5.56.